The molecule has 0 saturated heterocycles. The standard InChI is InChI=1S/C20H19ClO2/c1-12-6-8-17(22)20-14-4-2-3-5-18(14)23-19-9-7-13(21)11-15(19)16(20)10-12/h2-5,7,9,11-12,16,20H,6,8,10H2,1H3/t12?,16-,20-/m1/s1. The third-order valence-corrected chi connectivity index (χ3v) is 5.37. The fourth-order valence-corrected chi connectivity index (χ4v) is 4.18. The number of Topliss-reactive ketones (excluding diaryl/α,β-unsaturated/α-hetero) is 1. The van der Waals surface area contributed by atoms with Gasteiger partial charge in [-0.25, -0.2) is 0 Å². The molecule has 2 nitrogen and oxygen atoms in total. The van der Waals surface area contributed by atoms with Crippen molar-refractivity contribution in [1.29, 1.82) is 0 Å². The molecule has 1 saturated carbocycles. The Morgan fingerprint density at radius 2 is 1.87 bits per heavy atom. The molecule has 1 unspecified atom stereocenters. The lowest BCUT2D eigenvalue weighted by Crippen LogP contribution is -2.18. The van der Waals surface area contributed by atoms with Crippen molar-refractivity contribution in [3.8, 4) is 11.5 Å². The number of halogens is 1. The largest absolute Gasteiger partial charge is 0.457 e. The van der Waals surface area contributed by atoms with E-state index in [1.54, 1.807) is 0 Å². The predicted octanol–water partition coefficient (Wildman–Crippen LogP) is 5.70. The highest BCUT2D eigenvalue weighted by atomic mass is 35.5. The van der Waals surface area contributed by atoms with E-state index in [1.165, 1.54) is 0 Å². The topological polar surface area (TPSA) is 26.3 Å². The van der Waals surface area contributed by atoms with Gasteiger partial charge in [0.2, 0.25) is 0 Å². The van der Waals surface area contributed by atoms with E-state index in [2.05, 4.69) is 6.92 Å². The maximum atomic E-state index is 12.9. The normalized spacial score (nSPS) is 26.2. The fraction of sp³-hybridized carbons (Fsp3) is 0.350. The van der Waals surface area contributed by atoms with Crippen LogP contribution in [0.3, 0.4) is 0 Å². The van der Waals surface area contributed by atoms with E-state index in [9.17, 15) is 4.79 Å². The van der Waals surface area contributed by atoms with Crippen molar-refractivity contribution in [2.24, 2.45) is 5.92 Å². The first-order valence-corrected chi connectivity index (χ1v) is 8.60. The summed E-state index contributed by atoms with van der Waals surface area (Å²) in [6.45, 7) is 2.23. The summed E-state index contributed by atoms with van der Waals surface area (Å²) >= 11 is 6.25. The Morgan fingerprint density at radius 3 is 2.74 bits per heavy atom. The van der Waals surface area contributed by atoms with Crippen LogP contribution in [0.1, 0.15) is 49.1 Å². The molecule has 1 aliphatic heterocycles. The molecule has 0 amide bonds. The van der Waals surface area contributed by atoms with Gasteiger partial charge in [0, 0.05) is 28.5 Å². The van der Waals surface area contributed by atoms with Crippen molar-refractivity contribution in [2.45, 2.75) is 38.0 Å². The van der Waals surface area contributed by atoms with Crippen molar-refractivity contribution < 1.29 is 9.53 Å². The maximum Gasteiger partial charge on any atom is 0.141 e. The molecule has 2 aromatic carbocycles. The van der Waals surface area contributed by atoms with E-state index in [0.29, 0.717) is 23.1 Å². The van der Waals surface area contributed by atoms with Gasteiger partial charge < -0.3 is 4.74 Å². The summed E-state index contributed by atoms with van der Waals surface area (Å²) in [6, 6.07) is 13.7. The van der Waals surface area contributed by atoms with Crippen LogP contribution in [0.25, 0.3) is 0 Å². The van der Waals surface area contributed by atoms with Crippen LogP contribution in [0.2, 0.25) is 5.02 Å². The minimum absolute atomic E-state index is 0.129. The maximum absolute atomic E-state index is 12.9. The molecule has 1 aliphatic carbocycles. The minimum atomic E-state index is -0.129. The molecule has 118 valence electrons. The zero-order valence-corrected chi connectivity index (χ0v) is 13.8. The molecule has 0 bridgehead atoms. The number of hydrogen-bond donors (Lipinski definition) is 0. The van der Waals surface area contributed by atoms with Crippen LogP contribution in [0.4, 0.5) is 0 Å². The lowest BCUT2D eigenvalue weighted by molar-refractivity contribution is -0.120. The second-order valence-electron chi connectivity index (χ2n) is 6.75. The van der Waals surface area contributed by atoms with Gasteiger partial charge in [0.25, 0.3) is 0 Å². The van der Waals surface area contributed by atoms with Crippen LogP contribution in [0, 0.1) is 5.92 Å². The predicted molar refractivity (Wildman–Crippen MR) is 91.5 cm³/mol. The Morgan fingerprint density at radius 1 is 1.09 bits per heavy atom. The van der Waals surface area contributed by atoms with Crippen molar-refractivity contribution in [3.63, 3.8) is 0 Å². The summed E-state index contributed by atoms with van der Waals surface area (Å²) in [5.74, 6) is 2.48. The van der Waals surface area contributed by atoms with Crippen LogP contribution in [-0.4, -0.2) is 5.78 Å². The number of hydrogen-bond acceptors (Lipinski definition) is 2. The van der Waals surface area contributed by atoms with Gasteiger partial charge in [-0.1, -0.05) is 36.7 Å². The molecule has 23 heavy (non-hydrogen) atoms. The highest BCUT2D eigenvalue weighted by Gasteiger charge is 2.39. The van der Waals surface area contributed by atoms with Crippen molar-refractivity contribution >= 4 is 17.4 Å². The summed E-state index contributed by atoms with van der Waals surface area (Å²) in [6.07, 6.45) is 2.60. The van der Waals surface area contributed by atoms with Crippen LogP contribution in [0.5, 0.6) is 11.5 Å². The van der Waals surface area contributed by atoms with Gasteiger partial charge >= 0.3 is 0 Å². The number of carbonyl (C=O) groups excluding carboxylic acids is 1. The first-order chi connectivity index (χ1) is 11.1. The summed E-state index contributed by atoms with van der Waals surface area (Å²) in [5.41, 5.74) is 2.09. The Hall–Kier alpha value is -1.80. The molecule has 1 fully saturated rings. The third kappa shape index (κ3) is 2.55. The lowest BCUT2D eigenvalue weighted by atomic mass is 9.77. The first kappa shape index (κ1) is 14.8. The average Bonchev–Trinajstić information content (AvgIpc) is 2.77. The fourth-order valence-electron chi connectivity index (χ4n) is 4.00. The van der Waals surface area contributed by atoms with E-state index in [4.69, 9.17) is 16.3 Å². The molecule has 4 rings (SSSR count). The zero-order valence-electron chi connectivity index (χ0n) is 13.1. The monoisotopic (exact) mass is 326 g/mol. The summed E-state index contributed by atoms with van der Waals surface area (Å²) in [4.78, 5) is 12.9. The second kappa shape index (κ2) is 5.68. The van der Waals surface area contributed by atoms with Crippen LogP contribution in [-0.2, 0) is 4.79 Å². The number of carbonyl (C=O) groups is 1. The number of benzene rings is 2. The van der Waals surface area contributed by atoms with Crippen LogP contribution in [0.15, 0.2) is 42.5 Å². The molecule has 0 N–H and O–H groups in total. The molecule has 3 atom stereocenters. The highest BCUT2D eigenvalue weighted by molar-refractivity contribution is 6.30. The number of para-hydroxylation sites is 1. The van der Waals surface area contributed by atoms with Gasteiger partial charge in [0.15, 0.2) is 0 Å². The van der Waals surface area contributed by atoms with E-state index in [0.717, 1.165) is 35.5 Å². The zero-order chi connectivity index (χ0) is 16.0. The molecule has 0 spiro atoms. The van der Waals surface area contributed by atoms with Gasteiger partial charge in [-0.3, -0.25) is 4.79 Å². The number of ether oxygens (including phenoxy) is 1. The SMILES string of the molecule is CC1CCC(=O)[C@@H]2c3ccccc3Oc3ccc(Cl)cc3[C@H]2C1. The number of ketones is 1. The van der Waals surface area contributed by atoms with Crippen molar-refractivity contribution in [3.05, 3.63) is 58.6 Å². The molecule has 2 aromatic rings. The van der Waals surface area contributed by atoms with Gasteiger partial charge in [0.05, 0.1) is 5.92 Å². The number of rotatable bonds is 0. The van der Waals surface area contributed by atoms with Gasteiger partial charge in [-0.15, -0.1) is 0 Å². The van der Waals surface area contributed by atoms with E-state index in [1.807, 2.05) is 42.5 Å². The molecule has 2 aliphatic rings. The summed E-state index contributed by atoms with van der Waals surface area (Å²) in [5, 5.41) is 0.696. The molecular weight excluding hydrogens is 308 g/mol. The van der Waals surface area contributed by atoms with Gasteiger partial charge in [-0.2, -0.15) is 0 Å². The Kier molecular flexibility index (Phi) is 3.65. The molecule has 3 heteroatoms. The highest BCUT2D eigenvalue weighted by Crippen LogP contribution is 2.51. The first-order valence-electron chi connectivity index (χ1n) is 8.22. The smallest absolute Gasteiger partial charge is 0.141 e. The van der Waals surface area contributed by atoms with Gasteiger partial charge in [-0.05, 0) is 43.0 Å². The Labute approximate surface area is 141 Å². The van der Waals surface area contributed by atoms with E-state index >= 15 is 0 Å². The Balaban J connectivity index is 1.96. The summed E-state index contributed by atoms with van der Waals surface area (Å²) in [7, 11) is 0. The van der Waals surface area contributed by atoms with Crippen molar-refractivity contribution in [1.82, 2.24) is 0 Å². The molecule has 1 heterocycles. The minimum Gasteiger partial charge on any atom is -0.457 e. The van der Waals surface area contributed by atoms with E-state index < -0.39 is 0 Å². The lowest BCUT2D eigenvalue weighted by Gasteiger charge is -2.24. The van der Waals surface area contributed by atoms with Crippen LogP contribution < -0.4 is 4.74 Å². The Bertz CT molecular complexity index is 768. The van der Waals surface area contributed by atoms with Crippen molar-refractivity contribution in [2.75, 3.05) is 0 Å². The molecular formula is C20H19ClO2. The average molecular weight is 327 g/mol. The summed E-state index contributed by atoms with van der Waals surface area (Å²) < 4.78 is 6.16. The van der Waals surface area contributed by atoms with E-state index in [-0.39, 0.29) is 11.8 Å². The molecule has 0 aromatic heterocycles. The third-order valence-electron chi connectivity index (χ3n) is 5.13. The quantitative estimate of drug-likeness (QED) is 0.620. The number of fused-ring (bicyclic) bond motifs is 5. The molecule has 0 radical (unpaired) electrons. The second-order valence-corrected chi connectivity index (χ2v) is 7.19. The van der Waals surface area contributed by atoms with Gasteiger partial charge in [0.1, 0.15) is 17.3 Å². The van der Waals surface area contributed by atoms with Crippen LogP contribution >= 0.6 is 11.6 Å².